The van der Waals surface area contributed by atoms with E-state index in [0.717, 1.165) is 0 Å². The first kappa shape index (κ1) is 14.1. The number of nitrogens with one attached hydrogen (secondary N) is 1. The molecule has 0 aliphatic rings. The lowest BCUT2D eigenvalue weighted by Crippen LogP contribution is -2.41. The summed E-state index contributed by atoms with van der Waals surface area (Å²) in [6, 6.07) is -0.0483. The molecule has 0 aliphatic carbocycles. The maximum atomic E-state index is 11.6. The van der Waals surface area contributed by atoms with Crippen molar-refractivity contribution < 1.29 is 19.1 Å². The topological polar surface area (TPSA) is 109 Å². The normalized spacial score (nSPS) is 10.9. The summed E-state index contributed by atoms with van der Waals surface area (Å²) in [4.78, 5) is 23.8. The van der Waals surface area contributed by atoms with Crippen LogP contribution in [0.5, 0.6) is 0 Å². The molecular formula is C10H16N4O4. The number of hydrogen-bond donors (Lipinski definition) is 2. The molecule has 2 N–H and O–H groups in total. The van der Waals surface area contributed by atoms with E-state index in [4.69, 9.17) is 9.52 Å². The van der Waals surface area contributed by atoms with Gasteiger partial charge in [0.05, 0.1) is 13.1 Å². The van der Waals surface area contributed by atoms with Gasteiger partial charge in [-0.1, -0.05) is 5.10 Å². The summed E-state index contributed by atoms with van der Waals surface area (Å²) in [5, 5.41) is 18.3. The number of aryl methyl sites for hydroxylation is 1. The van der Waals surface area contributed by atoms with Gasteiger partial charge in [-0.3, -0.25) is 19.8 Å². The number of hydrogen-bond acceptors (Lipinski definition) is 6. The van der Waals surface area contributed by atoms with Gasteiger partial charge in [0, 0.05) is 13.0 Å². The van der Waals surface area contributed by atoms with Crippen molar-refractivity contribution in [2.24, 2.45) is 0 Å². The maximum Gasteiger partial charge on any atom is 0.322 e. The van der Waals surface area contributed by atoms with Crippen LogP contribution in [0.15, 0.2) is 4.42 Å². The zero-order chi connectivity index (χ0) is 13.7. The highest BCUT2D eigenvalue weighted by atomic mass is 16.4. The number of amides is 1. The van der Waals surface area contributed by atoms with Crippen LogP contribution in [0.4, 0.5) is 6.01 Å². The van der Waals surface area contributed by atoms with Gasteiger partial charge >= 0.3 is 12.0 Å². The average molecular weight is 256 g/mol. The third kappa shape index (κ3) is 4.50. The highest BCUT2D eigenvalue weighted by Gasteiger charge is 2.18. The molecule has 0 aromatic carbocycles. The lowest BCUT2D eigenvalue weighted by atomic mass is 10.3. The van der Waals surface area contributed by atoms with Crippen LogP contribution in [0.25, 0.3) is 0 Å². The summed E-state index contributed by atoms with van der Waals surface area (Å²) >= 11 is 0. The molecule has 1 aromatic heterocycles. The number of carboxylic acid groups (broad SMARTS) is 1. The maximum absolute atomic E-state index is 11.6. The second-order valence-electron chi connectivity index (χ2n) is 4.07. The highest BCUT2D eigenvalue weighted by Crippen LogP contribution is 2.04. The Morgan fingerprint density at radius 2 is 2.06 bits per heavy atom. The van der Waals surface area contributed by atoms with Gasteiger partial charge < -0.3 is 9.52 Å². The SMILES string of the molecule is Cc1nnc(NC(=O)CN(CC(=O)O)C(C)C)o1. The van der Waals surface area contributed by atoms with E-state index in [9.17, 15) is 9.59 Å². The fourth-order valence-electron chi connectivity index (χ4n) is 1.29. The first-order chi connectivity index (χ1) is 8.38. The van der Waals surface area contributed by atoms with Crippen LogP contribution in [-0.4, -0.2) is 51.2 Å². The van der Waals surface area contributed by atoms with E-state index in [0.29, 0.717) is 5.89 Å². The molecule has 0 saturated heterocycles. The Balaban J connectivity index is 2.53. The zero-order valence-electron chi connectivity index (χ0n) is 10.5. The molecule has 0 saturated carbocycles. The second-order valence-corrected chi connectivity index (χ2v) is 4.07. The van der Waals surface area contributed by atoms with Gasteiger partial charge in [-0.15, -0.1) is 5.10 Å². The Labute approximate surface area is 104 Å². The third-order valence-corrected chi connectivity index (χ3v) is 2.19. The Hall–Kier alpha value is -1.96. The van der Waals surface area contributed by atoms with Crippen molar-refractivity contribution >= 4 is 17.9 Å². The fourth-order valence-corrected chi connectivity index (χ4v) is 1.29. The Morgan fingerprint density at radius 3 is 2.50 bits per heavy atom. The van der Waals surface area contributed by atoms with Crippen LogP contribution in [0.3, 0.4) is 0 Å². The van der Waals surface area contributed by atoms with Crippen LogP contribution in [0, 0.1) is 6.92 Å². The molecule has 100 valence electrons. The van der Waals surface area contributed by atoms with Crippen molar-refractivity contribution in [3.63, 3.8) is 0 Å². The minimum Gasteiger partial charge on any atom is -0.480 e. The summed E-state index contributed by atoms with van der Waals surface area (Å²) in [6.45, 7) is 4.98. The van der Waals surface area contributed by atoms with Crippen molar-refractivity contribution in [2.45, 2.75) is 26.8 Å². The molecule has 1 aromatic rings. The predicted molar refractivity (Wildman–Crippen MR) is 62.0 cm³/mol. The standard InChI is InChI=1S/C10H16N4O4/c1-6(2)14(5-9(16)17)4-8(15)11-10-13-12-7(3)18-10/h6H,4-5H2,1-3H3,(H,16,17)(H,11,13,15). The molecule has 1 amide bonds. The van der Waals surface area contributed by atoms with Gasteiger partial charge in [0.2, 0.25) is 11.8 Å². The molecule has 1 rings (SSSR count). The first-order valence-corrected chi connectivity index (χ1v) is 5.44. The summed E-state index contributed by atoms with van der Waals surface area (Å²) in [6.07, 6.45) is 0. The van der Waals surface area contributed by atoms with Gasteiger partial charge in [0.15, 0.2) is 0 Å². The number of rotatable bonds is 6. The molecule has 0 spiro atoms. The lowest BCUT2D eigenvalue weighted by molar-refractivity contribution is -0.139. The van der Waals surface area contributed by atoms with E-state index in [1.54, 1.807) is 6.92 Å². The number of anilines is 1. The highest BCUT2D eigenvalue weighted by molar-refractivity contribution is 5.90. The van der Waals surface area contributed by atoms with Crippen molar-refractivity contribution in [3.05, 3.63) is 5.89 Å². The number of nitrogens with zero attached hydrogens (tertiary/aromatic N) is 3. The van der Waals surface area contributed by atoms with Crippen LogP contribution in [0.2, 0.25) is 0 Å². The number of carbonyl (C=O) groups is 2. The monoisotopic (exact) mass is 256 g/mol. The molecule has 0 atom stereocenters. The van der Waals surface area contributed by atoms with E-state index < -0.39 is 11.9 Å². The van der Waals surface area contributed by atoms with E-state index in [1.807, 2.05) is 13.8 Å². The van der Waals surface area contributed by atoms with Gasteiger partial charge in [-0.2, -0.15) is 0 Å². The molecule has 0 aliphatic heterocycles. The van der Waals surface area contributed by atoms with E-state index in [-0.39, 0.29) is 25.1 Å². The zero-order valence-corrected chi connectivity index (χ0v) is 10.5. The summed E-state index contributed by atoms with van der Waals surface area (Å²) < 4.78 is 4.99. The Morgan fingerprint density at radius 1 is 1.39 bits per heavy atom. The molecule has 8 nitrogen and oxygen atoms in total. The number of aliphatic carboxylic acids is 1. The number of carboxylic acids is 1. The molecule has 1 heterocycles. The molecule has 18 heavy (non-hydrogen) atoms. The van der Waals surface area contributed by atoms with E-state index in [1.165, 1.54) is 4.90 Å². The second kappa shape index (κ2) is 6.10. The minimum atomic E-state index is -0.981. The van der Waals surface area contributed by atoms with Crippen LogP contribution < -0.4 is 5.32 Å². The number of carbonyl (C=O) groups excluding carboxylic acids is 1. The van der Waals surface area contributed by atoms with Gasteiger partial charge in [0.25, 0.3) is 0 Å². The van der Waals surface area contributed by atoms with Crippen molar-refractivity contribution in [1.29, 1.82) is 0 Å². The van der Waals surface area contributed by atoms with Crippen molar-refractivity contribution in [2.75, 3.05) is 18.4 Å². The summed E-state index contributed by atoms with van der Waals surface area (Å²) in [7, 11) is 0. The molecule has 0 unspecified atom stereocenters. The largest absolute Gasteiger partial charge is 0.480 e. The van der Waals surface area contributed by atoms with E-state index in [2.05, 4.69) is 15.5 Å². The summed E-state index contributed by atoms with van der Waals surface area (Å²) in [5.41, 5.74) is 0. The quantitative estimate of drug-likeness (QED) is 0.743. The molecule has 8 heteroatoms. The van der Waals surface area contributed by atoms with Crippen LogP contribution in [-0.2, 0) is 9.59 Å². The van der Waals surface area contributed by atoms with Gasteiger partial charge in [0.1, 0.15) is 0 Å². The van der Waals surface area contributed by atoms with E-state index >= 15 is 0 Å². The summed E-state index contributed by atoms with van der Waals surface area (Å²) in [5.74, 6) is -1.03. The minimum absolute atomic E-state index is 0.0107. The molecule has 0 bridgehead atoms. The molecule has 0 fully saturated rings. The lowest BCUT2D eigenvalue weighted by Gasteiger charge is -2.23. The number of aromatic nitrogens is 2. The van der Waals surface area contributed by atoms with Gasteiger partial charge in [-0.05, 0) is 13.8 Å². The van der Waals surface area contributed by atoms with Crippen molar-refractivity contribution in [1.82, 2.24) is 15.1 Å². The average Bonchev–Trinajstić information content (AvgIpc) is 2.62. The first-order valence-electron chi connectivity index (χ1n) is 5.44. The molecule has 0 radical (unpaired) electrons. The van der Waals surface area contributed by atoms with Crippen LogP contribution >= 0.6 is 0 Å². The third-order valence-electron chi connectivity index (χ3n) is 2.19. The fraction of sp³-hybridized carbons (Fsp3) is 0.600. The Bertz CT molecular complexity index is 429. The van der Waals surface area contributed by atoms with Crippen molar-refractivity contribution in [3.8, 4) is 0 Å². The van der Waals surface area contributed by atoms with Gasteiger partial charge in [-0.25, -0.2) is 0 Å². The van der Waals surface area contributed by atoms with Crippen LogP contribution in [0.1, 0.15) is 19.7 Å². The smallest absolute Gasteiger partial charge is 0.322 e. The molecular weight excluding hydrogens is 240 g/mol. The Kier molecular flexibility index (Phi) is 4.78. The predicted octanol–water partition coefficient (Wildman–Crippen LogP) is 0.112.